The first-order valence-corrected chi connectivity index (χ1v) is 11.9. The predicted octanol–water partition coefficient (Wildman–Crippen LogP) is 4.79. The normalized spacial score (nSPS) is 11.2. The van der Waals surface area contributed by atoms with Gasteiger partial charge in [0.25, 0.3) is 5.56 Å². The minimum absolute atomic E-state index is 0.309. The maximum atomic E-state index is 13.5. The first-order chi connectivity index (χ1) is 16.6. The van der Waals surface area contributed by atoms with E-state index >= 15 is 0 Å². The monoisotopic (exact) mass is 514 g/mol. The van der Waals surface area contributed by atoms with Gasteiger partial charge in [0, 0.05) is 29.5 Å². The number of imidazole rings is 1. The van der Waals surface area contributed by atoms with Crippen LogP contribution in [0.1, 0.15) is 17.7 Å². The van der Waals surface area contributed by atoms with Crippen molar-refractivity contribution in [2.24, 2.45) is 0 Å². The quantitative estimate of drug-likeness (QED) is 0.313. The third kappa shape index (κ3) is 4.39. The lowest BCUT2D eigenvalue weighted by Gasteiger charge is -2.15. The average Bonchev–Trinajstić information content (AvgIpc) is 3.29. The molecule has 5 rings (SSSR count). The maximum Gasteiger partial charge on any atom is 0.336 e. The van der Waals surface area contributed by atoms with Crippen molar-refractivity contribution in [3.8, 4) is 5.69 Å². The van der Waals surface area contributed by atoms with Crippen LogP contribution in [0, 0.1) is 0 Å². The van der Waals surface area contributed by atoms with E-state index in [2.05, 4.69) is 37.6 Å². The van der Waals surface area contributed by atoms with Gasteiger partial charge in [0.05, 0.1) is 22.9 Å². The lowest BCUT2D eigenvalue weighted by Crippen LogP contribution is -2.39. The van der Waals surface area contributed by atoms with Crippen LogP contribution in [0.2, 0.25) is 0 Å². The van der Waals surface area contributed by atoms with Gasteiger partial charge in [0.15, 0.2) is 0 Å². The lowest BCUT2D eigenvalue weighted by molar-refractivity contribution is 0.595. The first-order valence-electron chi connectivity index (χ1n) is 11.2. The number of para-hydroxylation sites is 1. The van der Waals surface area contributed by atoms with Gasteiger partial charge in [-0.1, -0.05) is 64.5 Å². The molecule has 34 heavy (non-hydrogen) atoms. The number of hydrogen-bond acceptors (Lipinski definition) is 3. The van der Waals surface area contributed by atoms with E-state index in [9.17, 15) is 9.59 Å². The fourth-order valence-corrected chi connectivity index (χ4v) is 4.66. The summed E-state index contributed by atoms with van der Waals surface area (Å²) in [5.41, 5.74) is 2.88. The van der Waals surface area contributed by atoms with Crippen molar-refractivity contribution in [2.75, 3.05) is 0 Å². The van der Waals surface area contributed by atoms with E-state index in [0.717, 1.165) is 29.6 Å². The van der Waals surface area contributed by atoms with Crippen LogP contribution >= 0.6 is 15.9 Å². The molecule has 0 saturated carbocycles. The van der Waals surface area contributed by atoms with Crippen molar-refractivity contribution in [1.82, 2.24) is 18.7 Å². The van der Waals surface area contributed by atoms with Crippen molar-refractivity contribution >= 4 is 26.8 Å². The molecule has 0 amide bonds. The SMILES string of the molecule is O=c1c2ccccc2n(CCCc2cncn2Cc2ccccc2)c(=O)n1-c1cccc(Br)c1. The Morgan fingerprint density at radius 1 is 0.882 bits per heavy atom. The number of benzene rings is 3. The molecule has 0 fully saturated rings. The van der Waals surface area contributed by atoms with Crippen LogP contribution in [0.25, 0.3) is 16.6 Å². The van der Waals surface area contributed by atoms with E-state index in [1.807, 2.05) is 61.1 Å². The van der Waals surface area contributed by atoms with Crippen LogP contribution in [0.15, 0.2) is 105 Å². The Morgan fingerprint density at radius 2 is 1.68 bits per heavy atom. The van der Waals surface area contributed by atoms with Crippen molar-refractivity contribution in [3.05, 3.63) is 128 Å². The molecule has 0 aliphatic heterocycles. The largest absolute Gasteiger partial charge is 0.336 e. The highest BCUT2D eigenvalue weighted by Gasteiger charge is 2.15. The van der Waals surface area contributed by atoms with Crippen LogP contribution < -0.4 is 11.2 Å². The minimum atomic E-state index is -0.334. The molecule has 7 heteroatoms. The van der Waals surface area contributed by atoms with Gasteiger partial charge in [-0.05, 0) is 48.7 Å². The van der Waals surface area contributed by atoms with Crippen molar-refractivity contribution in [3.63, 3.8) is 0 Å². The average molecular weight is 515 g/mol. The standard InChI is InChI=1S/C27H23BrN4O2/c28-21-10-6-11-22(16-21)32-26(33)24-13-4-5-14-25(24)31(27(32)34)15-7-12-23-17-29-19-30(23)18-20-8-2-1-3-9-20/h1-6,8-11,13-14,16-17,19H,7,12,15,18H2. The lowest BCUT2D eigenvalue weighted by atomic mass is 10.2. The number of aryl methyl sites for hydroxylation is 2. The predicted molar refractivity (Wildman–Crippen MR) is 138 cm³/mol. The Kier molecular flexibility index (Phi) is 6.27. The van der Waals surface area contributed by atoms with Gasteiger partial charge < -0.3 is 4.57 Å². The molecule has 3 aromatic carbocycles. The molecule has 0 aliphatic carbocycles. The molecular weight excluding hydrogens is 492 g/mol. The summed E-state index contributed by atoms with van der Waals surface area (Å²) in [6.45, 7) is 1.25. The second kappa shape index (κ2) is 9.65. The van der Waals surface area contributed by atoms with E-state index in [-0.39, 0.29) is 11.2 Å². The van der Waals surface area contributed by atoms with Crippen molar-refractivity contribution in [1.29, 1.82) is 0 Å². The number of rotatable bonds is 7. The Morgan fingerprint density at radius 3 is 2.50 bits per heavy atom. The Labute approximate surface area is 204 Å². The topological polar surface area (TPSA) is 61.8 Å². The fourth-order valence-electron chi connectivity index (χ4n) is 4.28. The van der Waals surface area contributed by atoms with E-state index < -0.39 is 0 Å². The van der Waals surface area contributed by atoms with E-state index in [1.54, 1.807) is 22.8 Å². The maximum absolute atomic E-state index is 13.5. The molecule has 0 atom stereocenters. The highest BCUT2D eigenvalue weighted by Crippen LogP contribution is 2.16. The van der Waals surface area contributed by atoms with Gasteiger partial charge in [0.1, 0.15) is 0 Å². The molecule has 2 aromatic heterocycles. The fraction of sp³-hybridized carbons (Fsp3) is 0.148. The van der Waals surface area contributed by atoms with Crippen LogP contribution in [-0.2, 0) is 19.5 Å². The summed E-state index contributed by atoms with van der Waals surface area (Å²) in [4.78, 5) is 31.1. The van der Waals surface area contributed by atoms with Crippen molar-refractivity contribution < 1.29 is 0 Å². The molecule has 2 heterocycles. The molecule has 0 bridgehead atoms. The number of halogens is 1. The van der Waals surface area contributed by atoms with Gasteiger partial charge >= 0.3 is 5.69 Å². The molecule has 0 radical (unpaired) electrons. The molecule has 0 N–H and O–H groups in total. The summed E-state index contributed by atoms with van der Waals surface area (Å²) in [7, 11) is 0. The van der Waals surface area contributed by atoms with Gasteiger partial charge in [-0.15, -0.1) is 0 Å². The second-order valence-corrected chi connectivity index (χ2v) is 9.09. The zero-order chi connectivity index (χ0) is 23.5. The number of aromatic nitrogens is 4. The minimum Gasteiger partial charge on any atom is -0.330 e. The Balaban J connectivity index is 1.46. The number of hydrogen-bond donors (Lipinski definition) is 0. The summed E-state index contributed by atoms with van der Waals surface area (Å²) in [5, 5.41) is 0.524. The Hall–Kier alpha value is -3.71. The van der Waals surface area contributed by atoms with Crippen molar-refractivity contribution in [2.45, 2.75) is 25.9 Å². The van der Waals surface area contributed by atoms with Crippen LogP contribution in [0.3, 0.4) is 0 Å². The van der Waals surface area contributed by atoms with E-state index in [4.69, 9.17) is 0 Å². The molecule has 170 valence electrons. The van der Waals surface area contributed by atoms with Gasteiger partial charge in [-0.3, -0.25) is 9.36 Å². The first kappa shape index (κ1) is 22.1. The van der Waals surface area contributed by atoms with Gasteiger partial charge in [-0.2, -0.15) is 0 Å². The van der Waals surface area contributed by atoms with Gasteiger partial charge in [0.2, 0.25) is 0 Å². The third-order valence-corrected chi connectivity index (χ3v) is 6.42. The Bertz CT molecular complexity index is 1570. The summed E-state index contributed by atoms with van der Waals surface area (Å²) < 4.78 is 5.91. The highest BCUT2D eigenvalue weighted by molar-refractivity contribution is 9.10. The summed E-state index contributed by atoms with van der Waals surface area (Å²) in [6, 6.07) is 24.8. The zero-order valence-corrected chi connectivity index (χ0v) is 20.1. The number of fused-ring (bicyclic) bond motifs is 1. The molecule has 0 unspecified atom stereocenters. The smallest absolute Gasteiger partial charge is 0.330 e. The van der Waals surface area contributed by atoms with Crippen LogP contribution in [-0.4, -0.2) is 18.7 Å². The number of nitrogens with zero attached hydrogens (tertiary/aromatic N) is 4. The van der Waals surface area contributed by atoms with E-state index in [0.29, 0.717) is 23.1 Å². The summed E-state index contributed by atoms with van der Waals surface area (Å²) >= 11 is 3.44. The molecule has 0 spiro atoms. The van der Waals surface area contributed by atoms with E-state index in [1.165, 1.54) is 10.1 Å². The summed E-state index contributed by atoms with van der Waals surface area (Å²) in [6.07, 6.45) is 5.23. The zero-order valence-electron chi connectivity index (χ0n) is 18.5. The highest BCUT2D eigenvalue weighted by atomic mass is 79.9. The molecular formula is C27H23BrN4O2. The second-order valence-electron chi connectivity index (χ2n) is 8.17. The van der Waals surface area contributed by atoms with Gasteiger partial charge in [-0.25, -0.2) is 14.3 Å². The van der Waals surface area contributed by atoms with Crippen LogP contribution in [0.4, 0.5) is 0 Å². The molecule has 0 aliphatic rings. The third-order valence-electron chi connectivity index (χ3n) is 5.93. The molecule has 5 aromatic rings. The molecule has 0 saturated heterocycles. The molecule has 6 nitrogen and oxygen atoms in total. The van der Waals surface area contributed by atoms with Crippen LogP contribution in [0.5, 0.6) is 0 Å². The summed E-state index contributed by atoms with van der Waals surface area (Å²) in [5.74, 6) is 0.